The van der Waals surface area contributed by atoms with E-state index in [0.29, 0.717) is 13.1 Å². The molecular weight excluding hydrogens is 238 g/mol. The standard InChI is InChI=1S/C11H21N3O4/c1-3-5-6-14(4-2)11(18)13-8(10(16)17)7-9(12)15/h8H,3-7H2,1-2H3,(H2,12,15)(H,13,18)(H,16,17). The highest BCUT2D eigenvalue weighted by Crippen LogP contribution is 1.98. The number of amides is 3. The van der Waals surface area contributed by atoms with Gasteiger partial charge >= 0.3 is 12.0 Å². The zero-order chi connectivity index (χ0) is 14.1. The van der Waals surface area contributed by atoms with Crippen molar-refractivity contribution in [3.05, 3.63) is 0 Å². The van der Waals surface area contributed by atoms with Crippen molar-refractivity contribution in [1.82, 2.24) is 10.2 Å². The third kappa shape index (κ3) is 6.07. The molecule has 1 unspecified atom stereocenters. The maximum Gasteiger partial charge on any atom is 0.326 e. The lowest BCUT2D eigenvalue weighted by Gasteiger charge is -2.23. The number of urea groups is 1. The molecule has 0 rings (SSSR count). The van der Waals surface area contributed by atoms with E-state index < -0.39 is 30.4 Å². The summed E-state index contributed by atoms with van der Waals surface area (Å²) in [5.41, 5.74) is 4.93. The Morgan fingerprint density at radius 2 is 1.94 bits per heavy atom. The van der Waals surface area contributed by atoms with Crippen LogP contribution in [0.5, 0.6) is 0 Å². The molecule has 0 heterocycles. The minimum Gasteiger partial charge on any atom is -0.480 e. The first-order valence-electron chi connectivity index (χ1n) is 5.98. The molecule has 0 spiro atoms. The number of carbonyl (C=O) groups is 3. The largest absolute Gasteiger partial charge is 0.480 e. The van der Waals surface area contributed by atoms with Crippen molar-refractivity contribution in [2.75, 3.05) is 13.1 Å². The van der Waals surface area contributed by atoms with Gasteiger partial charge in [-0.1, -0.05) is 13.3 Å². The Hall–Kier alpha value is -1.79. The number of rotatable bonds is 8. The summed E-state index contributed by atoms with van der Waals surface area (Å²) in [6.07, 6.45) is 1.37. The number of hydrogen-bond acceptors (Lipinski definition) is 3. The fourth-order valence-corrected chi connectivity index (χ4v) is 1.39. The molecule has 0 fully saturated rings. The van der Waals surface area contributed by atoms with E-state index in [1.807, 2.05) is 6.92 Å². The number of hydrogen-bond donors (Lipinski definition) is 3. The van der Waals surface area contributed by atoms with E-state index in [4.69, 9.17) is 10.8 Å². The van der Waals surface area contributed by atoms with E-state index in [1.54, 1.807) is 6.92 Å². The van der Waals surface area contributed by atoms with Crippen LogP contribution in [0.15, 0.2) is 0 Å². The van der Waals surface area contributed by atoms with Crippen molar-refractivity contribution < 1.29 is 19.5 Å². The van der Waals surface area contributed by atoms with E-state index in [-0.39, 0.29) is 0 Å². The molecule has 7 heteroatoms. The quantitative estimate of drug-likeness (QED) is 0.575. The molecule has 0 aliphatic carbocycles. The third-order valence-corrected chi connectivity index (χ3v) is 2.45. The van der Waals surface area contributed by atoms with Crippen LogP contribution in [0, 0.1) is 0 Å². The van der Waals surface area contributed by atoms with Gasteiger partial charge in [0.1, 0.15) is 6.04 Å². The highest BCUT2D eigenvalue weighted by atomic mass is 16.4. The Kier molecular flexibility index (Phi) is 7.50. The Labute approximate surface area is 106 Å². The molecule has 7 nitrogen and oxygen atoms in total. The molecule has 0 aromatic heterocycles. The molecule has 104 valence electrons. The monoisotopic (exact) mass is 259 g/mol. The van der Waals surface area contributed by atoms with Gasteiger partial charge in [0.05, 0.1) is 6.42 Å². The van der Waals surface area contributed by atoms with Crippen LogP contribution >= 0.6 is 0 Å². The van der Waals surface area contributed by atoms with Gasteiger partial charge in [-0.15, -0.1) is 0 Å². The molecule has 0 aromatic rings. The maximum atomic E-state index is 11.8. The lowest BCUT2D eigenvalue weighted by atomic mass is 10.2. The number of nitrogens with one attached hydrogen (secondary N) is 1. The lowest BCUT2D eigenvalue weighted by Crippen LogP contribution is -2.49. The fourth-order valence-electron chi connectivity index (χ4n) is 1.39. The van der Waals surface area contributed by atoms with Crippen molar-refractivity contribution in [1.29, 1.82) is 0 Å². The van der Waals surface area contributed by atoms with Crippen LogP contribution in [-0.2, 0) is 9.59 Å². The molecule has 3 amide bonds. The summed E-state index contributed by atoms with van der Waals surface area (Å²) < 4.78 is 0. The Bertz CT molecular complexity index is 307. The molecule has 0 radical (unpaired) electrons. The SMILES string of the molecule is CCCCN(CC)C(=O)NC(CC(N)=O)C(=O)O. The summed E-state index contributed by atoms with van der Waals surface area (Å²) in [5, 5.41) is 11.2. The van der Waals surface area contributed by atoms with Crippen molar-refractivity contribution in [3.8, 4) is 0 Å². The molecule has 0 saturated heterocycles. The molecular formula is C11H21N3O4. The predicted molar refractivity (Wildman–Crippen MR) is 65.9 cm³/mol. The van der Waals surface area contributed by atoms with Crippen molar-refractivity contribution in [2.24, 2.45) is 5.73 Å². The van der Waals surface area contributed by atoms with Gasteiger partial charge in [-0.05, 0) is 13.3 Å². The van der Waals surface area contributed by atoms with Crippen molar-refractivity contribution >= 4 is 17.9 Å². The summed E-state index contributed by atoms with van der Waals surface area (Å²) in [4.78, 5) is 34.8. The first-order chi connectivity index (χ1) is 8.42. The van der Waals surface area contributed by atoms with Crippen LogP contribution in [0.2, 0.25) is 0 Å². The molecule has 0 saturated carbocycles. The van der Waals surface area contributed by atoms with Crippen LogP contribution in [-0.4, -0.2) is 47.0 Å². The first kappa shape index (κ1) is 16.2. The summed E-state index contributed by atoms with van der Waals surface area (Å²) >= 11 is 0. The number of carbonyl (C=O) groups excluding carboxylic acids is 2. The van der Waals surface area contributed by atoms with Gasteiger partial charge in [-0.3, -0.25) is 4.79 Å². The molecule has 4 N–H and O–H groups in total. The topological polar surface area (TPSA) is 113 Å². The summed E-state index contributed by atoms with van der Waals surface area (Å²) in [5.74, 6) is -2.03. The number of unbranched alkanes of at least 4 members (excludes halogenated alkanes) is 1. The Morgan fingerprint density at radius 1 is 1.33 bits per heavy atom. The zero-order valence-corrected chi connectivity index (χ0v) is 10.8. The highest BCUT2D eigenvalue weighted by Gasteiger charge is 2.24. The first-order valence-corrected chi connectivity index (χ1v) is 5.98. The maximum absolute atomic E-state index is 11.8. The van der Waals surface area contributed by atoms with Gasteiger partial charge in [0.25, 0.3) is 0 Å². The fraction of sp³-hybridized carbons (Fsp3) is 0.727. The van der Waals surface area contributed by atoms with Gasteiger partial charge in [-0.2, -0.15) is 0 Å². The minimum atomic E-state index is -1.27. The number of carboxylic acid groups (broad SMARTS) is 1. The van der Waals surface area contributed by atoms with Crippen molar-refractivity contribution in [3.63, 3.8) is 0 Å². The molecule has 0 aromatic carbocycles. The zero-order valence-electron chi connectivity index (χ0n) is 10.8. The van der Waals surface area contributed by atoms with Crippen LogP contribution < -0.4 is 11.1 Å². The van der Waals surface area contributed by atoms with E-state index in [2.05, 4.69) is 5.32 Å². The lowest BCUT2D eigenvalue weighted by molar-refractivity contribution is -0.140. The number of primary amides is 1. The molecule has 0 aliphatic rings. The second-order valence-electron chi connectivity index (χ2n) is 3.94. The summed E-state index contributed by atoms with van der Waals surface area (Å²) in [7, 11) is 0. The van der Waals surface area contributed by atoms with Crippen LogP contribution in [0.4, 0.5) is 4.79 Å². The summed E-state index contributed by atoms with van der Waals surface area (Å²) in [6.45, 7) is 4.84. The van der Waals surface area contributed by atoms with Gasteiger partial charge < -0.3 is 21.1 Å². The third-order valence-electron chi connectivity index (χ3n) is 2.45. The predicted octanol–water partition coefficient (Wildman–Crippen LogP) is 0.147. The van der Waals surface area contributed by atoms with Gasteiger partial charge in [-0.25, -0.2) is 9.59 Å². The Morgan fingerprint density at radius 3 is 2.33 bits per heavy atom. The Balaban J connectivity index is 4.46. The van der Waals surface area contributed by atoms with Crippen molar-refractivity contribution in [2.45, 2.75) is 39.2 Å². The second-order valence-corrected chi connectivity index (χ2v) is 3.94. The average molecular weight is 259 g/mol. The van der Waals surface area contributed by atoms with Gasteiger partial charge in [0, 0.05) is 13.1 Å². The van der Waals surface area contributed by atoms with E-state index >= 15 is 0 Å². The molecule has 1 atom stereocenters. The van der Waals surface area contributed by atoms with Crippen LogP contribution in [0.1, 0.15) is 33.1 Å². The van der Waals surface area contributed by atoms with E-state index in [9.17, 15) is 14.4 Å². The highest BCUT2D eigenvalue weighted by molar-refractivity contribution is 5.87. The average Bonchev–Trinajstić information content (AvgIpc) is 2.28. The van der Waals surface area contributed by atoms with Gasteiger partial charge in [0.15, 0.2) is 0 Å². The van der Waals surface area contributed by atoms with Crippen LogP contribution in [0.25, 0.3) is 0 Å². The van der Waals surface area contributed by atoms with E-state index in [1.165, 1.54) is 4.90 Å². The number of carboxylic acids is 1. The smallest absolute Gasteiger partial charge is 0.326 e. The normalized spacial score (nSPS) is 11.7. The number of aliphatic carboxylic acids is 1. The molecule has 0 bridgehead atoms. The number of nitrogens with two attached hydrogens (primary N) is 1. The van der Waals surface area contributed by atoms with E-state index in [0.717, 1.165) is 12.8 Å². The second kappa shape index (κ2) is 8.32. The number of nitrogens with zero attached hydrogens (tertiary/aromatic N) is 1. The molecule has 0 aliphatic heterocycles. The molecule has 18 heavy (non-hydrogen) atoms. The summed E-state index contributed by atoms with van der Waals surface area (Å²) in [6, 6.07) is -1.76. The van der Waals surface area contributed by atoms with Gasteiger partial charge in [0.2, 0.25) is 5.91 Å². The minimum absolute atomic E-state index is 0.410. The van der Waals surface area contributed by atoms with Crippen LogP contribution in [0.3, 0.4) is 0 Å².